The number of nitrogens with zero attached hydrogens (tertiary/aromatic N) is 2. The molecule has 1 saturated carbocycles. The first kappa shape index (κ1) is 18.9. The van der Waals surface area contributed by atoms with Gasteiger partial charge in [-0.15, -0.1) is 13.2 Å². The maximum absolute atomic E-state index is 13.2. The number of nitrogens with two attached hydrogens (primary N) is 1. The van der Waals surface area contributed by atoms with Crippen LogP contribution in [0.5, 0.6) is 5.75 Å². The lowest BCUT2D eigenvalue weighted by molar-refractivity contribution is -0.274. The Labute approximate surface area is 163 Å². The molecular weight excluding hydrogens is 385 g/mol. The molecular formula is C20H17F3N4O2. The van der Waals surface area contributed by atoms with Gasteiger partial charge in [0.05, 0.1) is 0 Å². The smallest absolute Gasteiger partial charge is 0.406 e. The van der Waals surface area contributed by atoms with Crippen molar-refractivity contribution in [2.75, 3.05) is 0 Å². The van der Waals surface area contributed by atoms with Crippen molar-refractivity contribution < 1.29 is 17.9 Å². The normalized spacial score (nSPS) is 14.9. The molecule has 0 aliphatic heterocycles. The summed E-state index contributed by atoms with van der Waals surface area (Å²) < 4.78 is 44.3. The molecule has 0 amide bonds. The summed E-state index contributed by atoms with van der Waals surface area (Å²) in [7, 11) is 0. The molecule has 0 saturated heterocycles. The highest BCUT2D eigenvalue weighted by Crippen LogP contribution is 2.38. The maximum atomic E-state index is 13.2. The van der Waals surface area contributed by atoms with E-state index >= 15 is 0 Å². The summed E-state index contributed by atoms with van der Waals surface area (Å²) >= 11 is 0. The lowest BCUT2D eigenvalue weighted by Crippen LogP contribution is -2.21. The first-order chi connectivity index (χ1) is 13.8. The van der Waals surface area contributed by atoms with Crippen molar-refractivity contribution in [1.29, 1.82) is 5.41 Å². The molecule has 0 spiro atoms. The molecule has 2 aromatic heterocycles. The van der Waals surface area contributed by atoms with E-state index < -0.39 is 6.36 Å². The van der Waals surface area contributed by atoms with E-state index in [1.54, 1.807) is 6.20 Å². The number of allylic oxidation sites excluding steroid dienone is 1. The van der Waals surface area contributed by atoms with E-state index in [4.69, 9.17) is 11.1 Å². The molecule has 3 aromatic rings. The van der Waals surface area contributed by atoms with Gasteiger partial charge in [0.1, 0.15) is 11.3 Å². The molecule has 0 unspecified atom stereocenters. The number of aromatic nitrogens is 2. The van der Waals surface area contributed by atoms with Crippen LogP contribution in [0.1, 0.15) is 24.4 Å². The number of hydrogen-bond acceptors (Lipinski definition) is 4. The number of nitrogens with one attached hydrogen (secondary N) is 1. The number of alkyl halides is 3. The molecule has 6 nitrogen and oxygen atoms in total. The van der Waals surface area contributed by atoms with Gasteiger partial charge >= 0.3 is 6.36 Å². The van der Waals surface area contributed by atoms with Crippen molar-refractivity contribution in [2.24, 2.45) is 5.73 Å². The van der Waals surface area contributed by atoms with Crippen LogP contribution in [0.15, 0.2) is 53.7 Å². The number of fused-ring (bicyclic) bond motifs is 1. The minimum atomic E-state index is -4.79. The third-order valence-electron chi connectivity index (χ3n) is 4.82. The molecule has 9 heteroatoms. The Hall–Kier alpha value is -3.49. The predicted molar refractivity (Wildman–Crippen MR) is 103 cm³/mol. The summed E-state index contributed by atoms with van der Waals surface area (Å²) in [5.74, 6) is -0.376. The Morgan fingerprint density at radius 1 is 1.21 bits per heavy atom. The van der Waals surface area contributed by atoms with Crippen molar-refractivity contribution in [3.63, 3.8) is 0 Å². The molecule has 1 aliphatic carbocycles. The number of rotatable bonds is 5. The molecule has 150 valence electrons. The fraction of sp³-hybridized carbons (Fsp3) is 0.200. The average Bonchev–Trinajstić information content (AvgIpc) is 3.42. The van der Waals surface area contributed by atoms with Crippen molar-refractivity contribution in [3.05, 3.63) is 64.8 Å². The van der Waals surface area contributed by atoms with Crippen LogP contribution < -0.4 is 16.0 Å². The van der Waals surface area contributed by atoms with E-state index in [-0.39, 0.29) is 17.4 Å². The highest BCUT2D eigenvalue weighted by molar-refractivity contribution is 6.13. The van der Waals surface area contributed by atoms with Crippen molar-refractivity contribution in [3.8, 4) is 11.4 Å². The molecule has 0 bridgehead atoms. The maximum Gasteiger partial charge on any atom is 0.573 e. The third-order valence-corrected chi connectivity index (χ3v) is 4.82. The molecule has 1 aromatic carbocycles. The van der Waals surface area contributed by atoms with Gasteiger partial charge in [-0.1, -0.05) is 0 Å². The van der Waals surface area contributed by atoms with Gasteiger partial charge in [0.25, 0.3) is 5.56 Å². The van der Waals surface area contributed by atoms with Crippen LogP contribution in [-0.2, 0) is 0 Å². The molecule has 1 aliphatic rings. The molecule has 29 heavy (non-hydrogen) atoms. The lowest BCUT2D eigenvalue weighted by atomic mass is 10.1. The number of ether oxygens (including phenoxy) is 1. The van der Waals surface area contributed by atoms with E-state index in [1.807, 2.05) is 16.8 Å². The van der Waals surface area contributed by atoms with Crippen molar-refractivity contribution >= 4 is 22.7 Å². The van der Waals surface area contributed by atoms with Crippen LogP contribution in [-0.4, -0.2) is 21.7 Å². The van der Waals surface area contributed by atoms with Crippen LogP contribution in [0, 0.1) is 5.41 Å². The third kappa shape index (κ3) is 3.51. The Morgan fingerprint density at radius 3 is 2.45 bits per heavy atom. The van der Waals surface area contributed by atoms with Gasteiger partial charge in [-0.3, -0.25) is 9.36 Å². The summed E-state index contributed by atoms with van der Waals surface area (Å²) in [5, 5.41) is 8.30. The lowest BCUT2D eigenvalue weighted by Gasteiger charge is -2.13. The standard InChI is InChI=1S/C20H17F3N4O2/c21-20(22,23)29-15-5-3-14(4-6-15)27-11-17(12(9-24)10-25)16-7-8-26(13-1-2-13)18(16)19(27)28/h3-11,13,24H,1-2,25H2/b12-10+,24-9?. The Kier molecular flexibility index (Phi) is 4.45. The van der Waals surface area contributed by atoms with E-state index in [1.165, 1.54) is 22.9 Å². The molecule has 0 atom stereocenters. The summed E-state index contributed by atoms with van der Waals surface area (Å²) in [4.78, 5) is 13.2. The minimum Gasteiger partial charge on any atom is -0.406 e. The van der Waals surface area contributed by atoms with Crippen LogP contribution in [0.3, 0.4) is 0 Å². The van der Waals surface area contributed by atoms with Gasteiger partial charge in [0, 0.05) is 53.1 Å². The van der Waals surface area contributed by atoms with Crippen LogP contribution in [0.4, 0.5) is 13.2 Å². The second-order valence-corrected chi connectivity index (χ2v) is 6.74. The Morgan fingerprint density at radius 2 is 1.90 bits per heavy atom. The van der Waals surface area contributed by atoms with E-state index in [0.29, 0.717) is 27.7 Å². The van der Waals surface area contributed by atoms with E-state index in [2.05, 4.69) is 4.74 Å². The molecule has 0 radical (unpaired) electrons. The summed E-state index contributed by atoms with van der Waals surface area (Å²) in [5.41, 5.74) is 7.22. The van der Waals surface area contributed by atoms with Crippen molar-refractivity contribution in [1.82, 2.24) is 9.13 Å². The molecule has 4 rings (SSSR count). The highest BCUT2D eigenvalue weighted by Gasteiger charge is 2.31. The fourth-order valence-corrected chi connectivity index (χ4v) is 3.36. The second kappa shape index (κ2) is 6.84. The molecule has 1 fully saturated rings. The van der Waals surface area contributed by atoms with Crippen LogP contribution >= 0.6 is 0 Å². The summed E-state index contributed by atoms with van der Waals surface area (Å²) in [6, 6.07) is 7.11. The van der Waals surface area contributed by atoms with Crippen LogP contribution in [0.2, 0.25) is 0 Å². The predicted octanol–water partition coefficient (Wildman–Crippen LogP) is 3.97. The van der Waals surface area contributed by atoms with Crippen molar-refractivity contribution in [2.45, 2.75) is 25.2 Å². The highest BCUT2D eigenvalue weighted by atomic mass is 19.4. The zero-order valence-corrected chi connectivity index (χ0v) is 15.1. The van der Waals surface area contributed by atoms with Gasteiger partial charge in [-0.05, 0) is 43.2 Å². The Balaban J connectivity index is 1.90. The molecule has 2 heterocycles. The van der Waals surface area contributed by atoms with E-state index in [9.17, 15) is 18.0 Å². The summed E-state index contributed by atoms with van der Waals surface area (Å²) in [6.07, 6.45) is 2.92. The first-order valence-corrected chi connectivity index (χ1v) is 8.87. The van der Waals surface area contributed by atoms with Gasteiger partial charge in [-0.2, -0.15) is 0 Å². The van der Waals surface area contributed by atoms with Gasteiger partial charge in [0.15, 0.2) is 0 Å². The topological polar surface area (TPSA) is 86.0 Å². The zero-order chi connectivity index (χ0) is 20.8. The second-order valence-electron chi connectivity index (χ2n) is 6.74. The minimum absolute atomic E-state index is 0.247. The zero-order valence-electron chi connectivity index (χ0n) is 15.1. The summed E-state index contributed by atoms with van der Waals surface area (Å²) in [6.45, 7) is 0. The quantitative estimate of drug-likeness (QED) is 0.633. The monoisotopic (exact) mass is 402 g/mol. The average molecular weight is 402 g/mol. The Bertz CT molecular complexity index is 1170. The number of halogens is 3. The first-order valence-electron chi connectivity index (χ1n) is 8.87. The largest absolute Gasteiger partial charge is 0.573 e. The van der Waals surface area contributed by atoms with Gasteiger partial charge < -0.3 is 20.4 Å². The van der Waals surface area contributed by atoms with Gasteiger partial charge in [-0.25, -0.2) is 0 Å². The van der Waals surface area contributed by atoms with E-state index in [0.717, 1.165) is 31.2 Å². The van der Waals surface area contributed by atoms with Gasteiger partial charge in [0.2, 0.25) is 0 Å². The number of pyridine rings is 1. The van der Waals surface area contributed by atoms with Crippen LogP contribution in [0.25, 0.3) is 22.2 Å². The SMILES string of the molecule is N=C/C(=C\N)c1cn(-c2ccc(OC(F)(F)F)cc2)c(=O)c2c1ccn2C1CC1. The molecule has 3 N–H and O–H groups in total. The number of hydrogen-bond donors (Lipinski definition) is 2. The fourth-order valence-electron chi connectivity index (χ4n) is 3.36. The number of benzene rings is 1.